The molecule has 4 aromatic carbocycles. The van der Waals surface area contributed by atoms with Crippen LogP contribution in [-0.4, -0.2) is 15.9 Å². The zero-order valence-corrected chi connectivity index (χ0v) is 37.7. The van der Waals surface area contributed by atoms with Crippen molar-refractivity contribution < 1.29 is 34.4 Å². The van der Waals surface area contributed by atoms with Crippen LogP contribution in [-0.2, 0) is 31.3 Å². The van der Waals surface area contributed by atoms with Crippen molar-refractivity contribution >= 4 is 27.7 Å². The number of hydrogen-bond donors (Lipinski definition) is 1. The quantitative estimate of drug-likeness (QED) is 0.0754. The fourth-order valence-corrected chi connectivity index (χ4v) is 7.42. The fourth-order valence-electron chi connectivity index (χ4n) is 7.42. The zero-order chi connectivity index (χ0) is 40.1. The van der Waals surface area contributed by atoms with Gasteiger partial charge in [-0.3, -0.25) is 9.78 Å². The second-order valence-electron chi connectivity index (χ2n) is 16.3. The summed E-state index contributed by atoms with van der Waals surface area (Å²) in [6.45, 7) is 23.1. The smallest absolute Gasteiger partial charge is 0.164 e. The summed E-state index contributed by atoms with van der Waals surface area (Å²) in [5, 5.41) is 12.4. The van der Waals surface area contributed by atoms with E-state index in [1.165, 1.54) is 44.8 Å². The molecule has 4 nitrogen and oxygen atoms in total. The predicted octanol–water partition coefficient (Wildman–Crippen LogP) is 14.6. The van der Waals surface area contributed by atoms with Crippen LogP contribution in [0.25, 0.3) is 55.4 Å². The second kappa shape index (κ2) is 18.8. The predicted molar refractivity (Wildman–Crippen MR) is 233 cm³/mol. The molecule has 0 saturated carbocycles. The first-order valence-electron chi connectivity index (χ1n) is 20.1. The van der Waals surface area contributed by atoms with Crippen LogP contribution in [0.1, 0.15) is 103 Å². The van der Waals surface area contributed by atoms with Crippen LogP contribution in [0.2, 0.25) is 0 Å². The van der Waals surface area contributed by atoms with E-state index in [1.807, 2.05) is 47.8 Å². The van der Waals surface area contributed by atoms with Gasteiger partial charge in [0.05, 0.1) is 6.26 Å². The third-order valence-corrected chi connectivity index (χ3v) is 11.9. The maximum absolute atomic E-state index is 12.2. The molecule has 1 radical (unpaired) electrons. The Bertz CT molecular complexity index is 2280. The van der Waals surface area contributed by atoms with E-state index in [9.17, 15) is 9.90 Å². The van der Waals surface area contributed by atoms with Gasteiger partial charge in [-0.25, -0.2) is 0 Å². The van der Waals surface area contributed by atoms with Gasteiger partial charge < -0.3 is 9.52 Å². The Morgan fingerprint density at radius 3 is 1.98 bits per heavy atom. The molecule has 2 aromatic heterocycles. The summed E-state index contributed by atoms with van der Waals surface area (Å²) in [6, 6.07) is 31.8. The number of ketones is 1. The van der Waals surface area contributed by atoms with Gasteiger partial charge in [0, 0.05) is 53.8 Å². The summed E-state index contributed by atoms with van der Waals surface area (Å²) in [5.41, 5.74) is 12.7. The van der Waals surface area contributed by atoms with Crippen LogP contribution < -0.4 is 0 Å². The van der Waals surface area contributed by atoms with Crippen molar-refractivity contribution in [1.29, 1.82) is 0 Å². The van der Waals surface area contributed by atoms with Crippen LogP contribution in [0.15, 0.2) is 101 Å². The van der Waals surface area contributed by atoms with Crippen molar-refractivity contribution in [3.05, 3.63) is 125 Å². The number of pyridine rings is 1. The molecule has 0 aliphatic carbocycles. The summed E-state index contributed by atoms with van der Waals surface area (Å²) >= 11 is 0. The molecule has 0 bridgehead atoms. The number of fused-ring (bicyclic) bond motifs is 2. The first-order valence-corrected chi connectivity index (χ1v) is 20.1. The number of nitrogens with zero attached hydrogens (tertiary/aromatic N) is 1. The van der Waals surface area contributed by atoms with Crippen molar-refractivity contribution in [3.8, 4) is 33.5 Å². The number of furan rings is 1. The van der Waals surface area contributed by atoms with Crippen LogP contribution in [0, 0.1) is 43.6 Å². The van der Waals surface area contributed by atoms with Crippen LogP contribution in [0.3, 0.4) is 0 Å². The van der Waals surface area contributed by atoms with Crippen molar-refractivity contribution in [1.82, 2.24) is 4.98 Å². The van der Waals surface area contributed by atoms with E-state index in [2.05, 4.69) is 120 Å². The Morgan fingerprint density at radius 2 is 1.39 bits per heavy atom. The summed E-state index contributed by atoms with van der Waals surface area (Å²) in [6.07, 6.45) is 7.65. The van der Waals surface area contributed by atoms with E-state index < -0.39 is 0 Å². The molecule has 0 atom stereocenters. The molecular formula is C51H60IrNO3-. The van der Waals surface area contributed by atoms with Crippen molar-refractivity contribution in [2.45, 2.75) is 108 Å². The van der Waals surface area contributed by atoms with E-state index in [-0.39, 0.29) is 42.5 Å². The van der Waals surface area contributed by atoms with Crippen molar-refractivity contribution in [2.24, 2.45) is 16.7 Å². The number of benzene rings is 4. The number of carbonyl (C=O) groups excluding carboxylic acids is 1. The Hall–Kier alpha value is -4.31. The monoisotopic (exact) mass is 927 g/mol. The molecule has 1 N–H and O–H groups in total. The molecule has 0 spiro atoms. The first-order chi connectivity index (χ1) is 26.2. The normalized spacial score (nSPS) is 12.1. The topological polar surface area (TPSA) is 63.3 Å². The van der Waals surface area contributed by atoms with E-state index in [4.69, 9.17) is 9.40 Å². The van der Waals surface area contributed by atoms with E-state index in [1.54, 1.807) is 0 Å². The molecule has 6 aromatic rings. The second-order valence-corrected chi connectivity index (χ2v) is 16.3. The van der Waals surface area contributed by atoms with Gasteiger partial charge in [-0.05, 0) is 86.6 Å². The number of aromatic nitrogens is 1. The number of rotatable bonds is 12. The summed E-state index contributed by atoms with van der Waals surface area (Å²) in [5.74, 6) is 0.905. The van der Waals surface area contributed by atoms with Crippen LogP contribution in [0.5, 0.6) is 0 Å². The van der Waals surface area contributed by atoms with E-state index in [0.29, 0.717) is 5.92 Å². The molecule has 5 heteroatoms. The van der Waals surface area contributed by atoms with E-state index >= 15 is 0 Å². The molecule has 56 heavy (non-hydrogen) atoms. The Labute approximate surface area is 349 Å². The third-order valence-electron chi connectivity index (χ3n) is 11.9. The number of carbonyl (C=O) groups is 1. The van der Waals surface area contributed by atoms with Gasteiger partial charge in [0.2, 0.25) is 0 Å². The van der Waals surface area contributed by atoms with Crippen molar-refractivity contribution in [3.63, 3.8) is 0 Å². The summed E-state index contributed by atoms with van der Waals surface area (Å²) in [4.78, 5) is 17.3. The SMILES string of the molecule is CCC(C)(CC)C(=O)/C=C(\O)C(C)(CC)CC.Cc1cc(CC(C)C)cc(C)c1-c1cc(-c2[c-]c3ccccc3c(-c3ccccc3)c2)nc2c(C)coc12.[Ir]. The summed E-state index contributed by atoms with van der Waals surface area (Å²) in [7, 11) is 0. The largest absolute Gasteiger partial charge is 0.512 e. The molecule has 6 rings (SSSR count). The minimum atomic E-state index is -0.337. The van der Waals surface area contributed by atoms with Gasteiger partial charge in [-0.1, -0.05) is 139 Å². The average Bonchev–Trinajstić information content (AvgIpc) is 3.56. The third kappa shape index (κ3) is 9.44. The van der Waals surface area contributed by atoms with Gasteiger partial charge in [0.25, 0.3) is 0 Å². The number of hydrogen-bond acceptors (Lipinski definition) is 4. The molecule has 0 unspecified atom stereocenters. The van der Waals surface area contributed by atoms with Crippen molar-refractivity contribution in [2.75, 3.05) is 0 Å². The zero-order valence-electron chi connectivity index (χ0n) is 35.3. The van der Waals surface area contributed by atoms with Gasteiger partial charge >= 0.3 is 0 Å². The van der Waals surface area contributed by atoms with Gasteiger partial charge in [-0.2, -0.15) is 0 Å². The maximum Gasteiger partial charge on any atom is 0.164 e. The minimum Gasteiger partial charge on any atom is -0.512 e. The summed E-state index contributed by atoms with van der Waals surface area (Å²) < 4.78 is 6.12. The molecule has 0 aliphatic rings. The van der Waals surface area contributed by atoms with Gasteiger partial charge in [0.15, 0.2) is 11.4 Å². The minimum absolute atomic E-state index is 0. The Morgan fingerprint density at radius 1 is 0.804 bits per heavy atom. The fraction of sp³-hybridized carbons (Fsp3) is 0.373. The molecule has 2 heterocycles. The number of aryl methyl sites for hydroxylation is 3. The standard InChI is InChI=1S/C36H32NO.C15H28O2.Ir/c1-22(2)15-26-16-23(3)34(24(4)17-26)32-20-33(37-35-25(5)21-38-36(32)35)29-18-28-13-9-10-14-30(28)31(19-29)27-11-7-6-8-12-27;1-7-14(5,8-2)12(16)11-13(17)15(6,9-3)10-4;/h6-14,16-17,19-22H,15H2,1-5H3;11,16H,7-10H2,1-6H3;/q-1;;/b;12-11-;. The number of aliphatic hydroxyl groups is 1. The Balaban J connectivity index is 0.000000330. The van der Waals surface area contributed by atoms with Crippen LogP contribution in [0.4, 0.5) is 0 Å². The first kappa shape index (κ1) is 44.4. The Kier molecular flexibility index (Phi) is 14.9. The molecular weight excluding hydrogens is 867 g/mol. The number of allylic oxidation sites excluding steroid dienone is 2. The number of aliphatic hydroxyl groups excluding tert-OH is 1. The molecule has 0 saturated heterocycles. The molecule has 0 aliphatic heterocycles. The van der Waals surface area contributed by atoms with Gasteiger partial charge in [-0.15, -0.1) is 23.6 Å². The van der Waals surface area contributed by atoms with E-state index in [0.717, 1.165) is 71.0 Å². The van der Waals surface area contributed by atoms with Crippen LogP contribution >= 0.6 is 0 Å². The molecule has 297 valence electrons. The van der Waals surface area contributed by atoms with Gasteiger partial charge in [0.1, 0.15) is 11.3 Å². The maximum atomic E-state index is 12.2. The average molecular weight is 927 g/mol. The molecule has 0 fully saturated rings. The molecule has 0 amide bonds.